The van der Waals surface area contributed by atoms with E-state index in [-0.39, 0.29) is 24.8 Å². The number of esters is 1. The Balaban J connectivity index is 0.000000821. The van der Waals surface area contributed by atoms with E-state index in [1.807, 2.05) is 57.3 Å². The number of rotatable bonds is 15. The molecule has 0 radical (unpaired) electrons. The molecule has 1 aliphatic heterocycles. The molecule has 6 nitrogen and oxygen atoms in total. The second kappa shape index (κ2) is 17.5. The third kappa shape index (κ3) is 10.1. The topological polar surface area (TPSA) is 70.7 Å². The molecule has 1 aromatic carbocycles. The van der Waals surface area contributed by atoms with E-state index < -0.39 is 0 Å². The monoisotopic (exact) mass is 553 g/mol. The lowest BCUT2D eigenvalue weighted by atomic mass is 9.93. The fourth-order valence-electron chi connectivity index (χ4n) is 5.18. The van der Waals surface area contributed by atoms with E-state index in [9.17, 15) is 9.59 Å². The number of allylic oxidation sites excluding steroid dienone is 4. The first-order valence-electron chi connectivity index (χ1n) is 14.7. The lowest BCUT2D eigenvalue weighted by Crippen LogP contribution is -2.51. The van der Waals surface area contributed by atoms with Gasteiger partial charge in [0, 0.05) is 8.47 Å². The molecule has 1 aliphatic rings. The first-order valence-corrected chi connectivity index (χ1v) is 14.7. The van der Waals surface area contributed by atoms with Crippen LogP contribution in [0.1, 0.15) is 110 Å². The summed E-state index contributed by atoms with van der Waals surface area (Å²) in [6.07, 6.45) is 12.1. The highest BCUT2D eigenvalue weighted by atomic mass is 16.5. The molecule has 0 fully saturated rings. The molecule has 1 aromatic rings. The quantitative estimate of drug-likeness (QED) is 0.131. The first-order chi connectivity index (χ1) is 19.0. The van der Waals surface area contributed by atoms with Crippen molar-refractivity contribution in [3.05, 3.63) is 83.7 Å². The Morgan fingerprint density at radius 1 is 1.18 bits per heavy atom. The smallest absolute Gasteiger partial charge is 0.338 e. The number of carbonyl (C=O) groups is 2. The van der Waals surface area contributed by atoms with Crippen molar-refractivity contribution in [1.82, 2.24) is 15.8 Å². The van der Waals surface area contributed by atoms with Gasteiger partial charge in [-0.15, -0.1) is 6.58 Å². The summed E-state index contributed by atoms with van der Waals surface area (Å²) in [7, 11) is 1.87. The van der Waals surface area contributed by atoms with Crippen LogP contribution in [-0.2, 0) is 9.53 Å². The minimum atomic E-state index is -0.237. The van der Waals surface area contributed by atoms with Crippen molar-refractivity contribution < 1.29 is 15.8 Å². The van der Waals surface area contributed by atoms with Crippen LogP contribution < -0.4 is 10.7 Å². The van der Waals surface area contributed by atoms with Gasteiger partial charge in [-0.3, -0.25) is 9.80 Å². The lowest BCUT2D eigenvalue weighted by Gasteiger charge is -2.39. The van der Waals surface area contributed by atoms with Crippen molar-refractivity contribution in [3.63, 3.8) is 0 Å². The SMILES string of the molecule is C=C/C=C(\CC=C)CCCC(C)(C)N1NC(C)C(C(C)=O)=C1NC.CCOC(=O)c1ccc(C(CC)CC)cc1.[HH]. The second-order valence-corrected chi connectivity index (χ2v) is 10.8. The van der Waals surface area contributed by atoms with Crippen LogP contribution in [0.25, 0.3) is 0 Å². The fourth-order valence-corrected chi connectivity index (χ4v) is 5.18. The Bertz CT molecular complexity index is 1040. The zero-order valence-corrected chi connectivity index (χ0v) is 26.2. The number of nitrogens with one attached hydrogen (secondary N) is 2. The van der Waals surface area contributed by atoms with Crippen LogP contribution in [0.2, 0.25) is 0 Å². The number of hydrogen-bond acceptors (Lipinski definition) is 6. The summed E-state index contributed by atoms with van der Waals surface area (Å²) < 4.78 is 4.94. The second-order valence-electron chi connectivity index (χ2n) is 10.8. The molecule has 0 aliphatic carbocycles. The number of Topliss-reactive ketones (excluding diaryl/α,β-unsaturated/α-hetero) is 1. The van der Waals surface area contributed by atoms with E-state index in [0.717, 1.165) is 49.9 Å². The molecule has 2 N–H and O–H groups in total. The van der Waals surface area contributed by atoms with Gasteiger partial charge < -0.3 is 10.1 Å². The molecule has 0 saturated carbocycles. The van der Waals surface area contributed by atoms with Crippen LogP contribution in [0.15, 0.2) is 72.6 Å². The maximum atomic E-state index is 12.0. The predicted molar refractivity (Wildman–Crippen MR) is 170 cm³/mol. The summed E-state index contributed by atoms with van der Waals surface area (Å²) in [4.78, 5) is 23.4. The summed E-state index contributed by atoms with van der Waals surface area (Å²) >= 11 is 0. The molecule has 6 heteroatoms. The molecule has 1 unspecified atom stereocenters. The number of hydrazine groups is 1. The van der Waals surface area contributed by atoms with Crippen LogP contribution in [0, 0.1) is 0 Å². The van der Waals surface area contributed by atoms with Crippen LogP contribution in [0.3, 0.4) is 0 Å². The first kappa shape index (κ1) is 34.9. The van der Waals surface area contributed by atoms with Crippen LogP contribution in [0.4, 0.5) is 0 Å². The summed E-state index contributed by atoms with van der Waals surface area (Å²) in [6.45, 7) is 22.3. The van der Waals surface area contributed by atoms with Gasteiger partial charge in [-0.05, 0) is 96.8 Å². The van der Waals surface area contributed by atoms with Crippen molar-refractivity contribution in [2.45, 2.75) is 104 Å². The van der Waals surface area contributed by atoms with Gasteiger partial charge >= 0.3 is 5.97 Å². The highest BCUT2D eigenvalue weighted by molar-refractivity contribution is 5.95. The van der Waals surface area contributed by atoms with Gasteiger partial charge in [0.2, 0.25) is 0 Å². The molecular formula is C34H55N3O3. The van der Waals surface area contributed by atoms with E-state index >= 15 is 0 Å². The number of hydrogen-bond donors (Lipinski definition) is 2. The average molecular weight is 554 g/mol. The van der Waals surface area contributed by atoms with Gasteiger partial charge in [0.15, 0.2) is 5.78 Å². The fraction of sp³-hybridized carbons (Fsp3) is 0.529. The minimum Gasteiger partial charge on any atom is -0.462 e. The number of benzene rings is 1. The molecule has 0 saturated heterocycles. The van der Waals surface area contributed by atoms with Crippen molar-refractivity contribution in [3.8, 4) is 0 Å². The molecule has 1 atom stereocenters. The Morgan fingerprint density at radius 3 is 2.27 bits per heavy atom. The van der Waals surface area contributed by atoms with Gasteiger partial charge in [-0.25, -0.2) is 10.2 Å². The highest BCUT2D eigenvalue weighted by Crippen LogP contribution is 2.31. The molecule has 0 bridgehead atoms. The van der Waals surface area contributed by atoms with Gasteiger partial charge in [0.05, 0.1) is 29.3 Å². The van der Waals surface area contributed by atoms with Crippen molar-refractivity contribution >= 4 is 11.8 Å². The maximum Gasteiger partial charge on any atom is 0.338 e. The Morgan fingerprint density at radius 2 is 1.80 bits per heavy atom. The average Bonchev–Trinajstić information content (AvgIpc) is 3.28. The molecule has 2 rings (SSSR count). The molecule has 40 heavy (non-hydrogen) atoms. The number of nitrogens with zero attached hydrogens (tertiary/aromatic N) is 1. The lowest BCUT2D eigenvalue weighted by molar-refractivity contribution is -0.113. The minimum absolute atomic E-state index is 0. The van der Waals surface area contributed by atoms with Gasteiger partial charge in [0.25, 0.3) is 0 Å². The van der Waals surface area contributed by atoms with E-state index in [2.05, 4.69) is 62.7 Å². The van der Waals surface area contributed by atoms with E-state index in [1.54, 1.807) is 6.92 Å². The van der Waals surface area contributed by atoms with Crippen LogP contribution in [0.5, 0.6) is 0 Å². The predicted octanol–water partition coefficient (Wildman–Crippen LogP) is 7.87. The molecule has 0 spiro atoms. The Hall–Kier alpha value is -3.12. The zero-order valence-electron chi connectivity index (χ0n) is 26.2. The summed E-state index contributed by atoms with van der Waals surface area (Å²) in [6, 6.07) is 7.80. The van der Waals surface area contributed by atoms with Crippen molar-refractivity contribution in [2.75, 3.05) is 13.7 Å². The molecular weight excluding hydrogens is 498 g/mol. The Kier molecular flexibility index (Phi) is 15.3. The summed E-state index contributed by atoms with van der Waals surface area (Å²) in [5.74, 6) is 1.36. The van der Waals surface area contributed by atoms with Crippen molar-refractivity contribution in [1.29, 1.82) is 0 Å². The third-order valence-corrected chi connectivity index (χ3v) is 7.38. The molecule has 0 aromatic heterocycles. The summed E-state index contributed by atoms with van der Waals surface area (Å²) in [5, 5.41) is 5.33. The van der Waals surface area contributed by atoms with Crippen LogP contribution in [-0.4, -0.2) is 42.0 Å². The van der Waals surface area contributed by atoms with E-state index in [1.165, 1.54) is 11.1 Å². The number of ketones is 1. The normalized spacial score (nSPS) is 15.5. The Labute approximate surface area is 245 Å². The maximum absolute atomic E-state index is 12.0. The number of carbonyl (C=O) groups excluding carboxylic acids is 2. The summed E-state index contributed by atoms with van der Waals surface area (Å²) in [5.41, 5.74) is 7.46. The third-order valence-electron chi connectivity index (χ3n) is 7.38. The largest absolute Gasteiger partial charge is 0.462 e. The standard InChI is InChI=1S/C20H33N3O.C14H20O2.H2/c1-8-11-17(12-9-2)13-10-14-20(5,6)23-19(21-7)18(16(4)24)15(3)22-23;1-4-11(5-2)12-7-9-13(10-8-12)14(15)16-6-3;/h8-9,11,15,21-22H,1-2,10,12-14H2,3-7H3;7-11H,4-6H2,1-3H3;1H/b17-11+;;. The van der Waals surface area contributed by atoms with Gasteiger partial charge in [-0.2, -0.15) is 0 Å². The van der Waals surface area contributed by atoms with Crippen LogP contribution >= 0.6 is 0 Å². The number of ether oxygens (including phenoxy) is 1. The van der Waals surface area contributed by atoms with Gasteiger partial charge in [-0.1, -0.05) is 56.4 Å². The molecule has 224 valence electrons. The molecule has 1 heterocycles. The van der Waals surface area contributed by atoms with E-state index in [4.69, 9.17) is 4.74 Å². The van der Waals surface area contributed by atoms with Crippen molar-refractivity contribution in [2.24, 2.45) is 0 Å². The van der Waals surface area contributed by atoms with Gasteiger partial charge in [0.1, 0.15) is 5.82 Å². The van der Waals surface area contributed by atoms with E-state index in [0.29, 0.717) is 18.1 Å². The zero-order chi connectivity index (χ0) is 30.3. The molecule has 0 amide bonds. The highest BCUT2D eigenvalue weighted by Gasteiger charge is 2.38.